The van der Waals surface area contributed by atoms with Gasteiger partial charge in [0, 0.05) is 5.56 Å². The number of methoxy groups -OCH3 is 1. The highest BCUT2D eigenvalue weighted by Crippen LogP contribution is 2.31. The fourth-order valence-electron chi connectivity index (χ4n) is 1.73. The van der Waals surface area contributed by atoms with Crippen LogP contribution in [0.25, 0.3) is 11.3 Å². The number of aryl methyl sites for hydroxylation is 1. The Balaban J connectivity index is 2.43. The van der Waals surface area contributed by atoms with Crippen molar-refractivity contribution in [2.75, 3.05) is 7.11 Å². The summed E-state index contributed by atoms with van der Waals surface area (Å²) in [5, 5.41) is 0. The molecule has 0 saturated carbocycles. The topological polar surface area (TPSA) is 56.5 Å². The molecular formula is C14H11IO4. The lowest BCUT2D eigenvalue weighted by atomic mass is 10.1. The number of esters is 1. The molecule has 0 N–H and O–H groups in total. The van der Waals surface area contributed by atoms with Crippen LogP contribution in [-0.4, -0.2) is 19.4 Å². The molecule has 0 atom stereocenters. The number of furan rings is 1. The van der Waals surface area contributed by atoms with Crippen molar-refractivity contribution in [1.82, 2.24) is 0 Å². The first-order valence-corrected chi connectivity index (χ1v) is 6.59. The number of halogens is 1. The Morgan fingerprint density at radius 1 is 1.32 bits per heavy atom. The van der Waals surface area contributed by atoms with E-state index < -0.39 is 0 Å². The second kappa shape index (κ2) is 5.56. The van der Waals surface area contributed by atoms with Crippen LogP contribution in [0, 0.1) is 10.5 Å². The van der Waals surface area contributed by atoms with Crippen LogP contribution in [0.3, 0.4) is 0 Å². The number of aldehydes is 1. The van der Waals surface area contributed by atoms with Crippen molar-refractivity contribution < 1.29 is 18.7 Å². The monoisotopic (exact) mass is 370 g/mol. The summed E-state index contributed by atoms with van der Waals surface area (Å²) >= 11 is 2.08. The smallest absolute Gasteiger partial charge is 0.337 e. The first kappa shape index (κ1) is 13.8. The quantitative estimate of drug-likeness (QED) is 0.472. The van der Waals surface area contributed by atoms with Crippen LogP contribution in [0.5, 0.6) is 0 Å². The Hall–Kier alpha value is -1.63. The molecule has 98 valence electrons. The summed E-state index contributed by atoms with van der Waals surface area (Å²) in [5.74, 6) is 0.841. The van der Waals surface area contributed by atoms with Gasteiger partial charge in [-0.15, -0.1) is 0 Å². The van der Waals surface area contributed by atoms with Crippen molar-refractivity contribution in [3.63, 3.8) is 0 Å². The van der Waals surface area contributed by atoms with Gasteiger partial charge in [0.05, 0.1) is 21.8 Å². The number of hydrogen-bond donors (Lipinski definition) is 0. The Labute approximate surface area is 123 Å². The van der Waals surface area contributed by atoms with Gasteiger partial charge in [0.25, 0.3) is 0 Å². The molecule has 0 saturated heterocycles. The molecule has 1 heterocycles. The summed E-state index contributed by atoms with van der Waals surface area (Å²) in [6.07, 6.45) is 0.785. The number of carbonyl (C=O) groups excluding carboxylic acids is 2. The first-order chi connectivity index (χ1) is 9.08. The van der Waals surface area contributed by atoms with Crippen molar-refractivity contribution >= 4 is 34.8 Å². The fourth-order valence-corrected chi connectivity index (χ4v) is 2.65. The summed E-state index contributed by atoms with van der Waals surface area (Å²) in [6.45, 7) is 1.75. The van der Waals surface area contributed by atoms with Crippen LogP contribution < -0.4 is 0 Å². The first-order valence-electron chi connectivity index (χ1n) is 5.51. The maximum atomic E-state index is 11.3. The molecule has 2 aromatic rings. The minimum atomic E-state index is -0.384. The number of hydrogen-bond acceptors (Lipinski definition) is 4. The summed E-state index contributed by atoms with van der Waals surface area (Å²) in [6, 6.07) is 6.86. The van der Waals surface area contributed by atoms with Crippen LogP contribution in [0.2, 0.25) is 0 Å². The molecule has 0 unspecified atom stereocenters. The van der Waals surface area contributed by atoms with Gasteiger partial charge in [0.2, 0.25) is 0 Å². The summed E-state index contributed by atoms with van der Waals surface area (Å²) < 4.78 is 11.0. The number of carbonyl (C=O) groups is 2. The highest BCUT2D eigenvalue weighted by Gasteiger charge is 2.16. The van der Waals surface area contributed by atoms with Crippen LogP contribution in [0.15, 0.2) is 28.7 Å². The molecule has 0 fully saturated rings. The normalized spacial score (nSPS) is 10.3. The Morgan fingerprint density at radius 2 is 1.95 bits per heavy atom. The Morgan fingerprint density at radius 3 is 2.42 bits per heavy atom. The highest BCUT2D eigenvalue weighted by molar-refractivity contribution is 14.1. The molecule has 0 aliphatic carbocycles. The maximum Gasteiger partial charge on any atom is 0.337 e. The van der Waals surface area contributed by atoms with Crippen molar-refractivity contribution in [3.8, 4) is 11.3 Å². The third-order valence-electron chi connectivity index (χ3n) is 2.76. The van der Waals surface area contributed by atoms with Gasteiger partial charge in [-0.2, -0.15) is 0 Å². The Kier molecular flexibility index (Phi) is 4.04. The lowest BCUT2D eigenvalue weighted by Crippen LogP contribution is -2.00. The Bertz CT molecular complexity index is 626. The molecule has 1 aromatic heterocycles. The average Bonchev–Trinajstić information content (AvgIpc) is 2.72. The van der Waals surface area contributed by atoms with E-state index in [1.54, 1.807) is 31.2 Å². The van der Waals surface area contributed by atoms with Gasteiger partial charge >= 0.3 is 5.97 Å². The molecule has 0 spiro atoms. The van der Waals surface area contributed by atoms with E-state index in [1.807, 2.05) is 0 Å². The molecule has 0 amide bonds. The van der Waals surface area contributed by atoms with E-state index >= 15 is 0 Å². The molecule has 5 heteroatoms. The number of benzene rings is 1. The van der Waals surface area contributed by atoms with Gasteiger partial charge < -0.3 is 9.15 Å². The van der Waals surface area contributed by atoms with Crippen LogP contribution in [0.1, 0.15) is 26.5 Å². The van der Waals surface area contributed by atoms with Gasteiger partial charge in [0.1, 0.15) is 11.5 Å². The molecule has 2 rings (SSSR count). The summed E-state index contributed by atoms with van der Waals surface area (Å²) in [7, 11) is 1.34. The highest BCUT2D eigenvalue weighted by atomic mass is 127. The van der Waals surface area contributed by atoms with Gasteiger partial charge in [0.15, 0.2) is 6.29 Å². The molecule has 0 aliphatic heterocycles. The minimum Gasteiger partial charge on any atom is -0.465 e. The largest absolute Gasteiger partial charge is 0.465 e. The van der Waals surface area contributed by atoms with E-state index in [2.05, 4.69) is 27.3 Å². The lowest BCUT2D eigenvalue weighted by molar-refractivity contribution is 0.0600. The number of rotatable bonds is 3. The van der Waals surface area contributed by atoms with E-state index in [1.165, 1.54) is 7.11 Å². The van der Waals surface area contributed by atoms with E-state index in [9.17, 15) is 9.59 Å². The van der Waals surface area contributed by atoms with E-state index in [-0.39, 0.29) is 5.97 Å². The second-order valence-corrected chi connectivity index (χ2v) is 4.98. The maximum absolute atomic E-state index is 11.3. The van der Waals surface area contributed by atoms with Gasteiger partial charge in [-0.1, -0.05) is 12.1 Å². The number of ether oxygens (including phenoxy) is 1. The average molecular weight is 370 g/mol. The molecule has 4 nitrogen and oxygen atoms in total. The van der Waals surface area contributed by atoms with E-state index in [4.69, 9.17) is 4.42 Å². The zero-order valence-electron chi connectivity index (χ0n) is 10.4. The molecule has 0 aliphatic rings. The van der Waals surface area contributed by atoms with Gasteiger partial charge in [-0.25, -0.2) is 4.79 Å². The van der Waals surface area contributed by atoms with Crippen LogP contribution in [-0.2, 0) is 4.74 Å². The third kappa shape index (κ3) is 2.56. The van der Waals surface area contributed by atoms with Crippen molar-refractivity contribution in [2.45, 2.75) is 6.92 Å². The molecular weight excluding hydrogens is 359 g/mol. The van der Waals surface area contributed by atoms with Crippen molar-refractivity contribution in [3.05, 3.63) is 44.7 Å². The molecule has 1 aromatic carbocycles. The third-order valence-corrected chi connectivity index (χ3v) is 3.83. The summed E-state index contributed by atoms with van der Waals surface area (Å²) in [4.78, 5) is 22.3. The van der Waals surface area contributed by atoms with Gasteiger partial charge in [-0.05, 0) is 41.6 Å². The van der Waals surface area contributed by atoms with Crippen molar-refractivity contribution in [1.29, 1.82) is 0 Å². The molecule has 19 heavy (non-hydrogen) atoms. The SMILES string of the molecule is COC(=O)c1ccc(-c2oc(C)c(C=O)c2I)cc1. The lowest BCUT2D eigenvalue weighted by Gasteiger charge is -2.01. The van der Waals surface area contributed by atoms with Crippen LogP contribution >= 0.6 is 22.6 Å². The van der Waals surface area contributed by atoms with E-state index in [0.717, 1.165) is 15.4 Å². The van der Waals surface area contributed by atoms with E-state index in [0.29, 0.717) is 22.6 Å². The predicted molar refractivity (Wildman–Crippen MR) is 78.3 cm³/mol. The zero-order valence-corrected chi connectivity index (χ0v) is 12.6. The second-order valence-electron chi connectivity index (χ2n) is 3.90. The standard InChI is InChI=1S/C14H11IO4/c1-8-11(7-16)12(15)13(19-8)9-3-5-10(6-4-9)14(17)18-2/h3-7H,1-2H3. The predicted octanol–water partition coefficient (Wildman–Crippen LogP) is 3.46. The zero-order chi connectivity index (χ0) is 14.0. The fraction of sp³-hybridized carbons (Fsp3) is 0.143. The van der Waals surface area contributed by atoms with Crippen LogP contribution in [0.4, 0.5) is 0 Å². The minimum absolute atomic E-state index is 0.384. The molecule has 0 bridgehead atoms. The van der Waals surface area contributed by atoms with Gasteiger partial charge in [-0.3, -0.25) is 4.79 Å². The summed E-state index contributed by atoms with van der Waals surface area (Å²) in [5.41, 5.74) is 1.85. The molecule has 0 radical (unpaired) electrons. The van der Waals surface area contributed by atoms with Crippen molar-refractivity contribution in [2.24, 2.45) is 0 Å².